The number of nitriles is 1. The van der Waals surface area contributed by atoms with Crippen molar-refractivity contribution in [1.29, 1.82) is 5.26 Å². The van der Waals surface area contributed by atoms with Gasteiger partial charge in [0.05, 0.1) is 24.4 Å². The van der Waals surface area contributed by atoms with E-state index >= 15 is 0 Å². The van der Waals surface area contributed by atoms with Gasteiger partial charge in [-0.15, -0.1) is 0 Å². The number of hydrogen-bond acceptors (Lipinski definition) is 5. The van der Waals surface area contributed by atoms with Crippen LogP contribution in [-0.2, 0) is 4.79 Å². The van der Waals surface area contributed by atoms with Gasteiger partial charge in [0.2, 0.25) is 0 Å². The van der Waals surface area contributed by atoms with Gasteiger partial charge in [-0.25, -0.2) is 0 Å². The number of nitrogens with zero attached hydrogens (tertiary/aromatic N) is 1. The van der Waals surface area contributed by atoms with Crippen molar-refractivity contribution in [2.75, 3.05) is 0 Å². The zero-order chi connectivity index (χ0) is 23.3. The molecule has 1 unspecified atom stereocenters. The fraction of sp³-hybridized carbons (Fsp3) is 0.926. The summed E-state index contributed by atoms with van der Waals surface area (Å²) in [5, 5.41) is 41.9. The minimum absolute atomic E-state index is 0.0995. The lowest BCUT2D eigenvalue weighted by Crippen LogP contribution is -2.62. The van der Waals surface area contributed by atoms with Crippen molar-refractivity contribution in [1.82, 2.24) is 0 Å². The van der Waals surface area contributed by atoms with Gasteiger partial charge in [0.25, 0.3) is 0 Å². The second kappa shape index (κ2) is 9.01. The minimum Gasteiger partial charge on any atom is -0.393 e. The predicted molar refractivity (Wildman–Crippen MR) is 122 cm³/mol. The largest absolute Gasteiger partial charge is 0.393 e. The van der Waals surface area contributed by atoms with Crippen molar-refractivity contribution >= 4 is 5.78 Å². The summed E-state index contributed by atoms with van der Waals surface area (Å²) in [5.41, 5.74) is -0.114. The van der Waals surface area contributed by atoms with Crippen molar-refractivity contribution in [2.45, 2.75) is 110 Å². The molecule has 0 aromatic heterocycles. The number of aliphatic hydroxyl groups is 3. The lowest BCUT2D eigenvalue weighted by molar-refractivity contribution is -0.207. The summed E-state index contributed by atoms with van der Waals surface area (Å²) in [6, 6.07) is 2.05. The van der Waals surface area contributed by atoms with E-state index in [1.807, 2.05) is 0 Å². The van der Waals surface area contributed by atoms with E-state index in [1.165, 1.54) is 0 Å². The first-order chi connectivity index (χ1) is 15.1. The molecular formula is C27H43NO4. The molecule has 0 aromatic rings. The van der Waals surface area contributed by atoms with Crippen LogP contribution in [0, 0.1) is 57.7 Å². The maximum Gasteiger partial charge on any atom is 0.133 e. The fourth-order valence-electron chi connectivity index (χ4n) is 9.04. The quantitative estimate of drug-likeness (QED) is 0.568. The molecule has 180 valence electrons. The van der Waals surface area contributed by atoms with Crippen LogP contribution in [0.25, 0.3) is 0 Å². The van der Waals surface area contributed by atoms with Crippen LogP contribution in [-0.4, -0.2) is 39.4 Å². The fourth-order valence-corrected chi connectivity index (χ4v) is 9.04. The van der Waals surface area contributed by atoms with E-state index in [0.29, 0.717) is 48.9 Å². The van der Waals surface area contributed by atoms with E-state index < -0.39 is 0 Å². The molecule has 0 bridgehead atoms. The molecule has 0 aromatic carbocycles. The number of Topliss-reactive ketones (excluding diaryl/α,β-unsaturated/α-hetero) is 1. The molecule has 0 radical (unpaired) electrons. The Balaban J connectivity index is 1.52. The zero-order valence-corrected chi connectivity index (χ0v) is 20.2. The number of ketones is 1. The van der Waals surface area contributed by atoms with Crippen LogP contribution in [0.3, 0.4) is 0 Å². The van der Waals surface area contributed by atoms with Crippen LogP contribution in [0.2, 0.25) is 0 Å². The molecule has 5 heteroatoms. The van der Waals surface area contributed by atoms with Crippen LogP contribution in [0.15, 0.2) is 0 Å². The van der Waals surface area contributed by atoms with E-state index in [2.05, 4.69) is 26.8 Å². The van der Waals surface area contributed by atoms with Crippen LogP contribution < -0.4 is 0 Å². The zero-order valence-electron chi connectivity index (χ0n) is 20.2. The van der Waals surface area contributed by atoms with Gasteiger partial charge in [0.15, 0.2) is 0 Å². The summed E-state index contributed by atoms with van der Waals surface area (Å²) in [5.74, 6) is 2.08. The Kier molecular flexibility index (Phi) is 6.80. The van der Waals surface area contributed by atoms with Crippen molar-refractivity contribution in [3.63, 3.8) is 0 Å². The number of aliphatic hydroxyl groups excluding tert-OH is 3. The summed E-state index contributed by atoms with van der Waals surface area (Å²) in [4.78, 5) is 12.1. The second-order valence-corrected chi connectivity index (χ2v) is 12.2. The number of carbonyl (C=O) groups excluding carboxylic acids is 1. The van der Waals surface area contributed by atoms with Crippen molar-refractivity contribution < 1.29 is 20.1 Å². The number of fused-ring (bicyclic) bond motifs is 5. The van der Waals surface area contributed by atoms with Gasteiger partial charge in [-0.1, -0.05) is 20.8 Å². The molecule has 11 atom stereocenters. The Morgan fingerprint density at radius 2 is 1.81 bits per heavy atom. The van der Waals surface area contributed by atoms with Crippen LogP contribution in [0.4, 0.5) is 0 Å². The molecule has 3 N–H and O–H groups in total. The minimum atomic E-state index is -0.382. The van der Waals surface area contributed by atoms with Crippen molar-refractivity contribution in [3.05, 3.63) is 0 Å². The summed E-state index contributed by atoms with van der Waals surface area (Å²) in [6.07, 6.45) is 7.27. The Morgan fingerprint density at radius 1 is 1.06 bits per heavy atom. The molecule has 32 heavy (non-hydrogen) atoms. The van der Waals surface area contributed by atoms with E-state index in [1.54, 1.807) is 0 Å². The Morgan fingerprint density at radius 3 is 2.53 bits per heavy atom. The highest BCUT2D eigenvalue weighted by Gasteiger charge is 2.65. The molecule has 4 aliphatic carbocycles. The molecule has 4 rings (SSSR count). The highest BCUT2D eigenvalue weighted by atomic mass is 16.3. The summed E-state index contributed by atoms with van der Waals surface area (Å²) in [6.45, 7) is 6.85. The molecule has 0 spiro atoms. The molecular weight excluding hydrogens is 402 g/mol. The highest BCUT2D eigenvalue weighted by Crippen LogP contribution is 2.68. The molecule has 4 fully saturated rings. The van der Waals surface area contributed by atoms with E-state index in [0.717, 1.165) is 51.4 Å². The van der Waals surface area contributed by atoms with Crippen LogP contribution in [0.1, 0.15) is 91.4 Å². The topological polar surface area (TPSA) is 102 Å². The number of carbonyl (C=O) groups is 1. The molecule has 0 heterocycles. The third kappa shape index (κ3) is 3.85. The summed E-state index contributed by atoms with van der Waals surface area (Å²) in [7, 11) is 0. The first-order valence-electron chi connectivity index (χ1n) is 13.1. The molecule has 5 nitrogen and oxygen atoms in total. The Bertz CT molecular complexity index is 748. The Labute approximate surface area is 193 Å². The van der Waals surface area contributed by atoms with E-state index in [4.69, 9.17) is 5.26 Å². The summed E-state index contributed by atoms with van der Waals surface area (Å²) < 4.78 is 0. The lowest BCUT2D eigenvalue weighted by Gasteiger charge is -2.63. The van der Waals surface area contributed by atoms with Crippen LogP contribution >= 0.6 is 0 Å². The maximum absolute atomic E-state index is 12.1. The van der Waals surface area contributed by atoms with Gasteiger partial charge in [-0.05, 0) is 97.7 Å². The highest BCUT2D eigenvalue weighted by molar-refractivity contribution is 5.78. The Hall–Kier alpha value is -0.960. The SMILES string of the molecule is CC(CCC(=O)CCC#N)[C@H]1CC[C@H]2[C@@H]3[C@H](O)C[C@@H]4C[C@H](O)CC[C@]4(C)[C@H]3C[C@H](O)[C@]12C. The molecule has 4 saturated carbocycles. The van der Waals surface area contributed by atoms with Gasteiger partial charge >= 0.3 is 0 Å². The van der Waals surface area contributed by atoms with Gasteiger partial charge in [-0.3, -0.25) is 4.79 Å². The van der Waals surface area contributed by atoms with Gasteiger partial charge < -0.3 is 15.3 Å². The standard InChI is InChI=1S/C27H43NO4/c1-16(6-7-18(29)5-4-12-28)20-8-9-21-25-22(15-24(32)27(20,21)3)26(2)11-10-19(30)13-17(26)14-23(25)31/h16-17,19-25,30-32H,4-11,13-15H2,1-3H3/t16?,17-,19+,20+,21-,22-,23+,24-,25-,26-,27+/m0/s1. The monoisotopic (exact) mass is 445 g/mol. The van der Waals surface area contributed by atoms with Gasteiger partial charge in [0.1, 0.15) is 5.78 Å². The van der Waals surface area contributed by atoms with Crippen molar-refractivity contribution in [3.8, 4) is 6.07 Å². The normalized spacial score (nSPS) is 48.8. The molecule has 0 saturated heterocycles. The smallest absolute Gasteiger partial charge is 0.133 e. The summed E-state index contributed by atoms with van der Waals surface area (Å²) >= 11 is 0. The van der Waals surface area contributed by atoms with Gasteiger partial charge in [-0.2, -0.15) is 5.26 Å². The molecule has 0 aliphatic heterocycles. The average Bonchev–Trinajstić information content (AvgIpc) is 3.11. The third-order valence-corrected chi connectivity index (χ3v) is 10.9. The number of rotatable bonds is 6. The average molecular weight is 446 g/mol. The van der Waals surface area contributed by atoms with Gasteiger partial charge in [0, 0.05) is 19.3 Å². The second-order valence-electron chi connectivity index (χ2n) is 12.2. The lowest BCUT2D eigenvalue weighted by atomic mass is 9.43. The van der Waals surface area contributed by atoms with E-state index in [-0.39, 0.29) is 40.8 Å². The van der Waals surface area contributed by atoms with E-state index in [9.17, 15) is 20.1 Å². The third-order valence-electron chi connectivity index (χ3n) is 10.9. The predicted octanol–water partition coefficient (Wildman–Crippen LogP) is 4.24. The number of hydrogen-bond donors (Lipinski definition) is 3. The first kappa shape index (κ1) is 24.2. The van der Waals surface area contributed by atoms with Crippen LogP contribution in [0.5, 0.6) is 0 Å². The maximum atomic E-state index is 12.1. The molecule has 4 aliphatic rings. The first-order valence-corrected chi connectivity index (χ1v) is 13.1. The molecule has 0 amide bonds. The van der Waals surface area contributed by atoms with Crippen molar-refractivity contribution in [2.24, 2.45) is 46.3 Å².